The normalized spacial score (nSPS) is 15.8. The van der Waals surface area contributed by atoms with Gasteiger partial charge in [0.15, 0.2) is 0 Å². The molecule has 180 valence electrons. The number of para-hydroxylation sites is 2. The summed E-state index contributed by atoms with van der Waals surface area (Å²) in [6, 6.07) is 22.9. The Morgan fingerprint density at radius 1 is 1.03 bits per heavy atom. The summed E-state index contributed by atoms with van der Waals surface area (Å²) in [5.41, 5.74) is 6.76. The van der Waals surface area contributed by atoms with Gasteiger partial charge in [0.25, 0.3) is 0 Å². The number of ether oxygens (including phenoxy) is 1. The van der Waals surface area contributed by atoms with Gasteiger partial charge in [0, 0.05) is 31.1 Å². The summed E-state index contributed by atoms with van der Waals surface area (Å²) in [6.45, 7) is 8.41. The Kier molecular flexibility index (Phi) is 6.58. The van der Waals surface area contributed by atoms with E-state index in [9.17, 15) is 4.79 Å². The number of imidazole rings is 1. The summed E-state index contributed by atoms with van der Waals surface area (Å²) >= 11 is 0. The molecule has 2 heterocycles. The molecule has 0 aliphatic carbocycles. The van der Waals surface area contributed by atoms with Crippen LogP contribution in [0.3, 0.4) is 0 Å². The van der Waals surface area contributed by atoms with Crippen LogP contribution in [0, 0.1) is 13.8 Å². The first-order valence-corrected chi connectivity index (χ1v) is 12.6. The number of aromatic nitrogens is 2. The second-order valence-corrected chi connectivity index (χ2v) is 9.51. The molecule has 0 N–H and O–H groups in total. The van der Waals surface area contributed by atoms with Crippen molar-refractivity contribution in [1.82, 2.24) is 9.55 Å². The van der Waals surface area contributed by atoms with Gasteiger partial charge < -0.3 is 14.2 Å². The monoisotopic (exact) mass is 467 g/mol. The Bertz CT molecular complexity index is 1340. The van der Waals surface area contributed by atoms with Gasteiger partial charge in [-0.3, -0.25) is 4.79 Å². The average Bonchev–Trinajstić information content (AvgIpc) is 3.42. The van der Waals surface area contributed by atoms with Crippen molar-refractivity contribution in [3.05, 3.63) is 89.2 Å². The van der Waals surface area contributed by atoms with Crippen LogP contribution >= 0.6 is 0 Å². The third-order valence-electron chi connectivity index (χ3n) is 6.94. The maximum absolute atomic E-state index is 13.1. The Balaban J connectivity index is 1.33. The van der Waals surface area contributed by atoms with Crippen molar-refractivity contribution >= 4 is 22.6 Å². The second kappa shape index (κ2) is 9.95. The van der Waals surface area contributed by atoms with E-state index >= 15 is 0 Å². The highest BCUT2D eigenvalue weighted by Gasteiger charge is 2.35. The lowest BCUT2D eigenvalue weighted by atomic mass is 10.1. The molecule has 5 rings (SSSR count). The lowest BCUT2D eigenvalue weighted by molar-refractivity contribution is -0.117. The number of benzene rings is 3. The maximum Gasteiger partial charge on any atom is 0.227 e. The number of anilines is 1. The molecule has 35 heavy (non-hydrogen) atoms. The highest BCUT2D eigenvalue weighted by atomic mass is 16.5. The van der Waals surface area contributed by atoms with E-state index in [0.29, 0.717) is 19.6 Å². The summed E-state index contributed by atoms with van der Waals surface area (Å²) in [6.07, 6.45) is 2.38. The Morgan fingerprint density at radius 2 is 1.83 bits per heavy atom. The molecule has 1 unspecified atom stereocenters. The summed E-state index contributed by atoms with van der Waals surface area (Å²) in [4.78, 5) is 20.0. The fraction of sp³-hybridized carbons (Fsp3) is 0.333. The van der Waals surface area contributed by atoms with Crippen molar-refractivity contribution in [3.8, 4) is 5.75 Å². The maximum atomic E-state index is 13.1. The van der Waals surface area contributed by atoms with Crippen LogP contribution in [0.1, 0.15) is 48.2 Å². The van der Waals surface area contributed by atoms with Gasteiger partial charge in [-0.2, -0.15) is 0 Å². The second-order valence-electron chi connectivity index (χ2n) is 9.51. The smallest absolute Gasteiger partial charge is 0.227 e. The number of carbonyl (C=O) groups excluding carboxylic acids is 1. The molecule has 1 amide bonds. The first-order valence-electron chi connectivity index (χ1n) is 12.6. The van der Waals surface area contributed by atoms with Crippen LogP contribution < -0.4 is 9.64 Å². The Labute approximate surface area is 207 Å². The third-order valence-corrected chi connectivity index (χ3v) is 6.94. The molecular weight excluding hydrogens is 434 g/mol. The number of hydrogen-bond acceptors (Lipinski definition) is 3. The van der Waals surface area contributed by atoms with E-state index in [2.05, 4.69) is 73.9 Å². The Hall–Kier alpha value is -3.60. The van der Waals surface area contributed by atoms with Crippen LogP contribution in [0.5, 0.6) is 5.75 Å². The van der Waals surface area contributed by atoms with Gasteiger partial charge in [0.05, 0.1) is 17.6 Å². The first-order chi connectivity index (χ1) is 17.0. The van der Waals surface area contributed by atoms with Crippen molar-refractivity contribution in [2.45, 2.75) is 52.5 Å². The Morgan fingerprint density at radius 3 is 2.60 bits per heavy atom. The molecule has 4 aromatic rings. The zero-order valence-electron chi connectivity index (χ0n) is 20.8. The lowest BCUT2D eigenvalue weighted by Gasteiger charge is -2.20. The fourth-order valence-electron chi connectivity index (χ4n) is 5.10. The standard InChI is InChI=1S/C30H33N3O2/c1-4-23-11-13-25(14-12-23)35-17-7-16-32-28-9-6-5-8-26(28)31-30(32)24-19-29(34)33(20-24)27-15-10-21(2)18-22(27)3/h5-6,8-15,18,24H,4,7,16-17,19-20H2,1-3H3. The number of aryl methyl sites for hydroxylation is 4. The topological polar surface area (TPSA) is 47.4 Å². The van der Waals surface area contributed by atoms with Crippen LogP contribution in [-0.4, -0.2) is 28.6 Å². The number of hydrogen-bond donors (Lipinski definition) is 0. The molecule has 0 spiro atoms. The van der Waals surface area contributed by atoms with Crippen LogP contribution in [0.15, 0.2) is 66.7 Å². The molecular formula is C30H33N3O2. The van der Waals surface area contributed by atoms with Crippen LogP contribution in [-0.2, 0) is 17.8 Å². The van der Waals surface area contributed by atoms with Gasteiger partial charge in [-0.05, 0) is 68.1 Å². The van der Waals surface area contributed by atoms with E-state index < -0.39 is 0 Å². The minimum Gasteiger partial charge on any atom is -0.494 e. The van der Waals surface area contributed by atoms with Crippen LogP contribution in [0.4, 0.5) is 5.69 Å². The molecule has 0 bridgehead atoms. The fourth-order valence-corrected chi connectivity index (χ4v) is 5.10. The zero-order chi connectivity index (χ0) is 24.4. The van der Waals surface area contributed by atoms with Gasteiger partial charge in [-0.25, -0.2) is 4.98 Å². The van der Waals surface area contributed by atoms with E-state index in [1.165, 1.54) is 11.1 Å². The highest BCUT2D eigenvalue weighted by Crippen LogP contribution is 2.34. The summed E-state index contributed by atoms with van der Waals surface area (Å²) in [5.74, 6) is 2.14. The van der Waals surface area contributed by atoms with Gasteiger partial charge in [0.2, 0.25) is 5.91 Å². The summed E-state index contributed by atoms with van der Waals surface area (Å²) in [7, 11) is 0. The molecule has 1 atom stereocenters. The molecule has 0 saturated carbocycles. The van der Waals surface area contributed by atoms with Gasteiger partial charge in [0.1, 0.15) is 11.6 Å². The summed E-state index contributed by atoms with van der Waals surface area (Å²) in [5, 5.41) is 0. The quantitative estimate of drug-likeness (QED) is 0.290. The van der Waals surface area contributed by atoms with Crippen molar-refractivity contribution in [2.75, 3.05) is 18.1 Å². The van der Waals surface area contributed by atoms with Crippen molar-refractivity contribution in [3.63, 3.8) is 0 Å². The van der Waals surface area contributed by atoms with Crippen molar-refractivity contribution in [2.24, 2.45) is 0 Å². The molecule has 1 aromatic heterocycles. The van der Waals surface area contributed by atoms with Crippen LogP contribution in [0.2, 0.25) is 0 Å². The molecule has 5 nitrogen and oxygen atoms in total. The van der Waals surface area contributed by atoms with E-state index in [-0.39, 0.29) is 11.8 Å². The SMILES string of the molecule is CCc1ccc(OCCCn2c(C3CC(=O)N(c4ccc(C)cc4C)C3)nc3ccccc32)cc1. The number of nitrogens with zero attached hydrogens (tertiary/aromatic N) is 3. The van der Waals surface area contributed by atoms with Gasteiger partial charge in [-0.1, -0.05) is 48.9 Å². The van der Waals surface area contributed by atoms with Crippen LogP contribution in [0.25, 0.3) is 11.0 Å². The lowest BCUT2D eigenvalue weighted by Crippen LogP contribution is -2.25. The highest BCUT2D eigenvalue weighted by molar-refractivity contribution is 5.97. The molecule has 1 saturated heterocycles. The molecule has 0 radical (unpaired) electrons. The summed E-state index contributed by atoms with van der Waals surface area (Å²) < 4.78 is 8.29. The zero-order valence-corrected chi connectivity index (χ0v) is 20.8. The van der Waals surface area contributed by atoms with E-state index in [1.807, 2.05) is 23.1 Å². The molecule has 3 aromatic carbocycles. The number of amides is 1. The minimum atomic E-state index is 0.0677. The number of rotatable bonds is 8. The van der Waals surface area contributed by atoms with Gasteiger partial charge in [-0.15, -0.1) is 0 Å². The van der Waals surface area contributed by atoms with E-state index in [0.717, 1.165) is 53.2 Å². The van der Waals surface area contributed by atoms with E-state index in [4.69, 9.17) is 9.72 Å². The minimum absolute atomic E-state index is 0.0677. The van der Waals surface area contributed by atoms with Gasteiger partial charge >= 0.3 is 0 Å². The largest absolute Gasteiger partial charge is 0.494 e. The average molecular weight is 468 g/mol. The predicted octanol–water partition coefficient (Wildman–Crippen LogP) is 6.21. The molecule has 5 heteroatoms. The first kappa shape index (κ1) is 23.2. The van der Waals surface area contributed by atoms with E-state index in [1.54, 1.807) is 0 Å². The van der Waals surface area contributed by atoms with Crippen molar-refractivity contribution < 1.29 is 9.53 Å². The molecule has 1 aliphatic heterocycles. The molecule has 1 fully saturated rings. The molecule has 1 aliphatic rings. The number of carbonyl (C=O) groups is 1. The van der Waals surface area contributed by atoms with Crippen molar-refractivity contribution in [1.29, 1.82) is 0 Å². The third kappa shape index (κ3) is 4.81. The predicted molar refractivity (Wildman–Crippen MR) is 141 cm³/mol. The number of fused-ring (bicyclic) bond motifs is 1.